The Kier molecular flexibility index (Phi) is 2.48. The monoisotopic (exact) mass is 259 g/mol. The molecule has 8 heteroatoms. The van der Waals surface area contributed by atoms with Gasteiger partial charge in [0.1, 0.15) is 0 Å². The molecule has 96 valence electrons. The number of carbonyl (C=O) groups excluding carboxylic acids is 1. The van der Waals surface area contributed by atoms with Gasteiger partial charge in [-0.1, -0.05) is 0 Å². The average molecular weight is 259 g/mol. The summed E-state index contributed by atoms with van der Waals surface area (Å²) in [7, 11) is 0. The van der Waals surface area contributed by atoms with Gasteiger partial charge in [0.2, 0.25) is 0 Å². The van der Waals surface area contributed by atoms with Gasteiger partial charge in [0.25, 0.3) is 11.7 Å². The maximum Gasteiger partial charge on any atom is 0.335 e. The second-order valence-corrected chi connectivity index (χ2v) is 4.09. The number of nitrogens with one attached hydrogen (secondary N) is 1. The van der Waals surface area contributed by atoms with Crippen LogP contribution in [0.15, 0.2) is 18.2 Å². The molecule has 0 bridgehead atoms. The summed E-state index contributed by atoms with van der Waals surface area (Å²) in [5, 5.41) is 21.8. The molecule has 0 atom stereocenters. The molecule has 0 aliphatic carbocycles. The van der Waals surface area contributed by atoms with Crippen LogP contribution in [0, 0.1) is 0 Å². The number of benzene rings is 1. The van der Waals surface area contributed by atoms with Crippen molar-refractivity contribution >= 4 is 17.6 Å². The van der Waals surface area contributed by atoms with Crippen molar-refractivity contribution in [3.05, 3.63) is 35.2 Å². The number of aromatic carboxylic acids is 1. The van der Waals surface area contributed by atoms with Gasteiger partial charge in [0, 0.05) is 12.2 Å². The Morgan fingerprint density at radius 1 is 1.37 bits per heavy atom. The zero-order valence-corrected chi connectivity index (χ0v) is 9.70. The molecular formula is C11H9N5O3. The molecule has 2 N–H and O–H groups in total. The van der Waals surface area contributed by atoms with Crippen molar-refractivity contribution in [3.63, 3.8) is 0 Å². The Morgan fingerprint density at radius 3 is 2.89 bits per heavy atom. The number of aromatic nitrogens is 4. The lowest BCUT2D eigenvalue weighted by Gasteiger charge is -2.14. The van der Waals surface area contributed by atoms with Crippen molar-refractivity contribution in [2.75, 3.05) is 11.4 Å². The maximum atomic E-state index is 12.1. The highest BCUT2D eigenvalue weighted by molar-refractivity contribution is 6.05. The number of nitrogens with zero attached hydrogens (tertiary/aromatic N) is 4. The summed E-state index contributed by atoms with van der Waals surface area (Å²) in [5.74, 6) is -1.34. The smallest absolute Gasteiger partial charge is 0.335 e. The summed E-state index contributed by atoms with van der Waals surface area (Å²) >= 11 is 0. The van der Waals surface area contributed by atoms with Crippen LogP contribution in [-0.2, 0) is 6.42 Å². The fourth-order valence-electron chi connectivity index (χ4n) is 2.12. The van der Waals surface area contributed by atoms with Gasteiger partial charge < -0.3 is 10.0 Å². The van der Waals surface area contributed by atoms with E-state index in [1.165, 1.54) is 11.0 Å². The minimum Gasteiger partial charge on any atom is -0.478 e. The van der Waals surface area contributed by atoms with E-state index in [4.69, 9.17) is 5.11 Å². The molecule has 19 heavy (non-hydrogen) atoms. The molecule has 2 aromatic rings. The number of tetrazole rings is 1. The number of amides is 1. The van der Waals surface area contributed by atoms with E-state index in [1.54, 1.807) is 12.1 Å². The minimum absolute atomic E-state index is 0.00448. The third kappa shape index (κ3) is 1.82. The molecule has 8 nitrogen and oxygen atoms in total. The van der Waals surface area contributed by atoms with E-state index >= 15 is 0 Å². The molecule has 0 radical (unpaired) electrons. The SMILES string of the molecule is O=C(O)c1ccc2c(c1)CCN2C(=O)c1nn[nH]n1. The normalized spacial score (nSPS) is 13.4. The standard InChI is InChI=1S/C11H9N5O3/c17-10(9-12-14-15-13-9)16-4-3-6-5-7(11(18)19)1-2-8(6)16/h1-2,5H,3-4H2,(H,18,19)(H,12,13,14,15). The van der Waals surface area contributed by atoms with Gasteiger partial charge in [-0.2, -0.15) is 5.21 Å². The highest BCUT2D eigenvalue weighted by Gasteiger charge is 2.28. The van der Waals surface area contributed by atoms with Crippen LogP contribution >= 0.6 is 0 Å². The van der Waals surface area contributed by atoms with Crippen molar-refractivity contribution in [2.45, 2.75) is 6.42 Å². The van der Waals surface area contributed by atoms with Crippen LogP contribution < -0.4 is 4.90 Å². The fourth-order valence-corrected chi connectivity index (χ4v) is 2.12. The van der Waals surface area contributed by atoms with E-state index in [2.05, 4.69) is 20.6 Å². The van der Waals surface area contributed by atoms with Crippen molar-refractivity contribution < 1.29 is 14.7 Å². The Bertz CT molecular complexity index is 652. The number of carboxylic acids is 1. The molecule has 1 aliphatic rings. The number of fused-ring (bicyclic) bond motifs is 1. The topological polar surface area (TPSA) is 112 Å². The second kappa shape index (κ2) is 4.16. The van der Waals surface area contributed by atoms with Crippen LogP contribution in [0.3, 0.4) is 0 Å². The molecule has 1 aromatic carbocycles. The predicted octanol–water partition coefficient (Wildman–Crippen LogP) is 0.101. The first kappa shape index (κ1) is 11.3. The number of hydrogen-bond donors (Lipinski definition) is 2. The van der Waals surface area contributed by atoms with Crippen LogP contribution in [0.2, 0.25) is 0 Å². The molecule has 0 fully saturated rings. The Hall–Kier alpha value is -2.77. The summed E-state index contributed by atoms with van der Waals surface area (Å²) in [4.78, 5) is 24.5. The first-order valence-corrected chi connectivity index (χ1v) is 5.58. The number of anilines is 1. The van der Waals surface area contributed by atoms with E-state index < -0.39 is 5.97 Å². The molecular weight excluding hydrogens is 250 g/mol. The maximum absolute atomic E-state index is 12.1. The first-order chi connectivity index (χ1) is 9.16. The van der Waals surface area contributed by atoms with Gasteiger partial charge in [-0.15, -0.1) is 10.2 Å². The summed E-state index contributed by atoms with van der Waals surface area (Å²) in [6.07, 6.45) is 0.611. The lowest BCUT2D eigenvalue weighted by molar-refractivity contribution is 0.0696. The van der Waals surface area contributed by atoms with Gasteiger partial charge in [-0.05, 0) is 35.4 Å². The molecule has 1 amide bonds. The third-order valence-corrected chi connectivity index (χ3v) is 3.00. The number of H-pyrrole nitrogens is 1. The van der Waals surface area contributed by atoms with Crippen molar-refractivity contribution in [1.82, 2.24) is 20.6 Å². The molecule has 0 unspecified atom stereocenters. The number of carbonyl (C=O) groups is 2. The van der Waals surface area contributed by atoms with Crippen molar-refractivity contribution in [3.8, 4) is 0 Å². The minimum atomic E-state index is -0.981. The Morgan fingerprint density at radius 2 is 2.21 bits per heavy atom. The van der Waals surface area contributed by atoms with Crippen LogP contribution in [0.25, 0.3) is 0 Å². The number of aromatic amines is 1. The molecule has 1 aromatic heterocycles. The molecule has 0 saturated heterocycles. The lowest BCUT2D eigenvalue weighted by atomic mass is 10.1. The summed E-state index contributed by atoms with van der Waals surface area (Å²) in [6.45, 7) is 0.478. The van der Waals surface area contributed by atoms with Gasteiger partial charge >= 0.3 is 5.97 Å². The average Bonchev–Trinajstić information content (AvgIpc) is 3.06. The van der Waals surface area contributed by atoms with E-state index in [1.807, 2.05) is 0 Å². The van der Waals surface area contributed by atoms with Gasteiger partial charge in [-0.25, -0.2) is 4.79 Å². The van der Waals surface area contributed by atoms with Crippen LogP contribution in [0.5, 0.6) is 0 Å². The predicted molar refractivity (Wildman–Crippen MR) is 63.0 cm³/mol. The largest absolute Gasteiger partial charge is 0.478 e. The Labute approximate surface area is 107 Å². The molecule has 2 heterocycles. The second-order valence-electron chi connectivity index (χ2n) is 4.09. The Balaban J connectivity index is 1.94. The van der Waals surface area contributed by atoms with E-state index in [0.717, 1.165) is 5.56 Å². The number of carboxylic acid groups (broad SMARTS) is 1. The lowest BCUT2D eigenvalue weighted by Crippen LogP contribution is -2.29. The molecule has 1 aliphatic heterocycles. The highest BCUT2D eigenvalue weighted by atomic mass is 16.4. The highest BCUT2D eigenvalue weighted by Crippen LogP contribution is 2.29. The van der Waals surface area contributed by atoms with E-state index in [9.17, 15) is 9.59 Å². The fraction of sp³-hybridized carbons (Fsp3) is 0.182. The first-order valence-electron chi connectivity index (χ1n) is 5.58. The van der Waals surface area contributed by atoms with Crippen LogP contribution in [-0.4, -0.2) is 44.2 Å². The summed E-state index contributed by atoms with van der Waals surface area (Å²) in [6, 6.07) is 4.69. The summed E-state index contributed by atoms with van der Waals surface area (Å²) < 4.78 is 0. The van der Waals surface area contributed by atoms with Crippen LogP contribution in [0.4, 0.5) is 5.69 Å². The number of hydrogen-bond acceptors (Lipinski definition) is 5. The van der Waals surface area contributed by atoms with E-state index in [-0.39, 0.29) is 17.3 Å². The van der Waals surface area contributed by atoms with Gasteiger partial charge in [0.05, 0.1) is 5.56 Å². The third-order valence-electron chi connectivity index (χ3n) is 3.00. The van der Waals surface area contributed by atoms with Crippen molar-refractivity contribution in [1.29, 1.82) is 0 Å². The molecule has 0 spiro atoms. The van der Waals surface area contributed by atoms with Crippen LogP contribution in [0.1, 0.15) is 26.5 Å². The number of rotatable bonds is 2. The van der Waals surface area contributed by atoms with Gasteiger partial charge in [-0.3, -0.25) is 4.79 Å². The quantitative estimate of drug-likeness (QED) is 0.791. The summed E-state index contributed by atoms with van der Waals surface area (Å²) in [5.41, 5.74) is 1.74. The van der Waals surface area contributed by atoms with E-state index in [0.29, 0.717) is 18.7 Å². The molecule has 0 saturated carbocycles. The zero-order valence-electron chi connectivity index (χ0n) is 9.70. The van der Waals surface area contributed by atoms with Gasteiger partial charge in [0.15, 0.2) is 0 Å². The molecule has 3 rings (SSSR count). The zero-order chi connectivity index (χ0) is 13.4. The van der Waals surface area contributed by atoms with Crippen molar-refractivity contribution in [2.24, 2.45) is 0 Å².